The molecule has 0 radical (unpaired) electrons. The number of nitrogens with one attached hydrogen (secondary N) is 1. The van der Waals surface area contributed by atoms with Crippen molar-refractivity contribution in [3.63, 3.8) is 0 Å². The third-order valence-corrected chi connectivity index (χ3v) is 7.38. The molecule has 33 heavy (non-hydrogen) atoms. The standard InChI is InChI=1S/C22H23ClFN3O5S/c1-2-19(28)26-10-12-27(13-11-26)22(30)21(25-20(29)15-4-3-5-16(23)14-15)33(31,32)18-8-6-17(24)7-9-18/h3-9,14,21H,2,10-13H2,1H3,(H,25,29)/t21-/m1/s1. The van der Waals surface area contributed by atoms with Crippen molar-refractivity contribution in [2.45, 2.75) is 23.6 Å². The fourth-order valence-electron chi connectivity index (χ4n) is 3.43. The fourth-order valence-corrected chi connectivity index (χ4v) is 5.08. The van der Waals surface area contributed by atoms with Gasteiger partial charge in [0.25, 0.3) is 11.8 Å². The van der Waals surface area contributed by atoms with Gasteiger partial charge in [0.1, 0.15) is 5.82 Å². The molecule has 1 atom stereocenters. The van der Waals surface area contributed by atoms with Gasteiger partial charge < -0.3 is 15.1 Å². The second-order valence-corrected chi connectivity index (χ2v) is 9.89. The molecule has 1 N–H and O–H groups in total. The number of carbonyl (C=O) groups excluding carboxylic acids is 3. The first-order valence-electron chi connectivity index (χ1n) is 10.3. The van der Waals surface area contributed by atoms with Crippen LogP contribution in [0.2, 0.25) is 5.02 Å². The summed E-state index contributed by atoms with van der Waals surface area (Å²) < 4.78 is 40.0. The van der Waals surface area contributed by atoms with Crippen LogP contribution in [0.15, 0.2) is 53.4 Å². The number of benzene rings is 2. The Balaban J connectivity index is 1.89. The number of rotatable bonds is 6. The van der Waals surface area contributed by atoms with Crippen molar-refractivity contribution in [2.75, 3.05) is 26.2 Å². The SMILES string of the molecule is CCC(=O)N1CCN(C(=O)[C@H](NC(=O)c2cccc(Cl)c2)S(=O)(=O)c2ccc(F)cc2)CC1. The lowest BCUT2D eigenvalue weighted by atomic mass is 10.2. The third-order valence-electron chi connectivity index (χ3n) is 5.27. The first-order valence-corrected chi connectivity index (χ1v) is 12.2. The molecule has 176 valence electrons. The minimum atomic E-state index is -4.42. The van der Waals surface area contributed by atoms with Crippen LogP contribution in [-0.4, -0.2) is 67.5 Å². The molecule has 3 rings (SSSR count). The molecule has 2 aromatic rings. The Bertz CT molecular complexity index is 1150. The summed E-state index contributed by atoms with van der Waals surface area (Å²) in [5.74, 6) is -2.34. The monoisotopic (exact) mass is 495 g/mol. The first-order chi connectivity index (χ1) is 15.6. The second-order valence-electron chi connectivity index (χ2n) is 7.42. The molecule has 0 saturated carbocycles. The van der Waals surface area contributed by atoms with Crippen molar-refractivity contribution in [3.05, 3.63) is 64.9 Å². The van der Waals surface area contributed by atoms with Crippen LogP contribution in [0.25, 0.3) is 0 Å². The molecule has 3 amide bonds. The van der Waals surface area contributed by atoms with E-state index in [1.54, 1.807) is 17.9 Å². The van der Waals surface area contributed by atoms with Crippen LogP contribution in [0.1, 0.15) is 23.7 Å². The predicted molar refractivity (Wildman–Crippen MR) is 120 cm³/mol. The van der Waals surface area contributed by atoms with Gasteiger partial charge in [0.05, 0.1) is 4.90 Å². The minimum Gasteiger partial charge on any atom is -0.339 e. The van der Waals surface area contributed by atoms with Gasteiger partial charge in [-0.15, -0.1) is 0 Å². The molecule has 1 fully saturated rings. The van der Waals surface area contributed by atoms with Gasteiger partial charge >= 0.3 is 0 Å². The van der Waals surface area contributed by atoms with Crippen LogP contribution in [0.3, 0.4) is 0 Å². The molecule has 11 heteroatoms. The predicted octanol–water partition coefficient (Wildman–Crippen LogP) is 2.09. The molecule has 2 aromatic carbocycles. The number of piperazine rings is 1. The van der Waals surface area contributed by atoms with Gasteiger partial charge in [-0.2, -0.15) is 0 Å². The van der Waals surface area contributed by atoms with E-state index in [0.29, 0.717) is 6.42 Å². The van der Waals surface area contributed by atoms with Gasteiger partial charge in [-0.3, -0.25) is 14.4 Å². The van der Waals surface area contributed by atoms with E-state index >= 15 is 0 Å². The van der Waals surface area contributed by atoms with Gasteiger partial charge in [-0.1, -0.05) is 24.6 Å². The largest absolute Gasteiger partial charge is 0.339 e. The minimum absolute atomic E-state index is 0.0631. The molecule has 0 aromatic heterocycles. The Morgan fingerprint density at radius 1 is 1.03 bits per heavy atom. The van der Waals surface area contributed by atoms with Crippen molar-refractivity contribution >= 4 is 39.2 Å². The smallest absolute Gasteiger partial charge is 0.261 e. The van der Waals surface area contributed by atoms with E-state index in [1.165, 1.54) is 23.1 Å². The number of sulfone groups is 1. The zero-order valence-corrected chi connectivity index (χ0v) is 19.4. The molecule has 0 unspecified atom stereocenters. The van der Waals surface area contributed by atoms with E-state index in [4.69, 9.17) is 11.6 Å². The topological polar surface area (TPSA) is 104 Å². The summed E-state index contributed by atoms with van der Waals surface area (Å²) in [5.41, 5.74) is 0.0768. The Morgan fingerprint density at radius 2 is 1.64 bits per heavy atom. The molecule has 1 aliphatic heterocycles. The second kappa shape index (κ2) is 10.3. The van der Waals surface area contributed by atoms with Crippen molar-refractivity contribution in [2.24, 2.45) is 0 Å². The highest BCUT2D eigenvalue weighted by molar-refractivity contribution is 7.92. The van der Waals surface area contributed by atoms with Gasteiger partial charge in [-0.25, -0.2) is 12.8 Å². The normalized spacial score (nSPS) is 15.1. The van der Waals surface area contributed by atoms with Crippen LogP contribution < -0.4 is 5.32 Å². The van der Waals surface area contributed by atoms with E-state index in [1.807, 2.05) is 0 Å². The maximum absolute atomic E-state index is 13.3. The number of carbonyl (C=O) groups is 3. The summed E-state index contributed by atoms with van der Waals surface area (Å²) in [5, 5.41) is 0.631. The molecule has 0 bridgehead atoms. The van der Waals surface area contributed by atoms with Gasteiger partial charge in [0.15, 0.2) is 0 Å². The van der Waals surface area contributed by atoms with E-state index in [0.717, 1.165) is 24.3 Å². The molecule has 1 saturated heterocycles. The van der Waals surface area contributed by atoms with Crippen LogP contribution in [-0.2, 0) is 19.4 Å². The highest BCUT2D eigenvalue weighted by atomic mass is 35.5. The molecular formula is C22H23ClFN3O5S. The number of nitrogens with zero attached hydrogens (tertiary/aromatic N) is 2. The lowest BCUT2D eigenvalue weighted by Crippen LogP contribution is -2.57. The first kappa shape index (κ1) is 24.7. The summed E-state index contributed by atoms with van der Waals surface area (Å²) >= 11 is 5.92. The third kappa shape index (κ3) is 5.69. The zero-order valence-electron chi connectivity index (χ0n) is 17.8. The Hall–Kier alpha value is -2.98. The van der Waals surface area contributed by atoms with Gasteiger partial charge in [-0.05, 0) is 42.5 Å². The summed E-state index contributed by atoms with van der Waals surface area (Å²) in [7, 11) is -4.42. The average molecular weight is 496 g/mol. The molecular weight excluding hydrogens is 473 g/mol. The van der Waals surface area contributed by atoms with Crippen molar-refractivity contribution in [1.82, 2.24) is 15.1 Å². The molecule has 1 heterocycles. The van der Waals surface area contributed by atoms with E-state index < -0.39 is 32.8 Å². The number of hydrogen-bond acceptors (Lipinski definition) is 5. The maximum atomic E-state index is 13.3. The summed E-state index contributed by atoms with van der Waals surface area (Å²) in [6.45, 7) is 2.48. The number of halogens is 2. The maximum Gasteiger partial charge on any atom is 0.261 e. The molecule has 0 aliphatic carbocycles. The molecule has 8 nitrogen and oxygen atoms in total. The summed E-state index contributed by atoms with van der Waals surface area (Å²) in [6.07, 6.45) is 0.325. The Morgan fingerprint density at radius 3 is 2.21 bits per heavy atom. The van der Waals surface area contributed by atoms with Crippen LogP contribution in [0, 0.1) is 5.82 Å². The van der Waals surface area contributed by atoms with E-state index in [9.17, 15) is 27.2 Å². The lowest BCUT2D eigenvalue weighted by molar-refractivity contribution is -0.139. The van der Waals surface area contributed by atoms with Gasteiger partial charge in [0.2, 0.25) is 21.1 Å². The van der Waals surface area contributed by atoms with Crippen molar-refractivity contribution < 1.29 is 27.2 Å². The summed E-state index contributed by atoms with van der Waals surface area (Å²) in [6, 6.07) is 9.84. The van der Waals surface area contributed by atoms with Crippen LogP contribution in [0.4, 0.5) is 4.39 Å². The van der Waals surface area contributed by atoms with Crippen LogP contribution in [0.5, 0.6) is 0 Å². The lowest BCUT2D eigenvalue weighted by Gasteiger charge is -2.36. The summed E-state index contributed by atoms with van der Waals surface area (Å²) in [4.78, 5) is 40.6. The Kier molecular flexibility index (Phi) is 7.70. The quantitative estimate of drug-likeness (QED) is 0.618. The molecule has 1 aliphatic rings. The highest BCUT2D eigenvalue weighted by Crippen LogP contribution is 2.19. The van der Waals surface area contributed by atoms with E-state index in [-0.39, 0.29) is 47.6 Å². The zero-order chi connectivity index (χ0) is 24.2. The van der Waals surface area contributed by atoms with Crippen molar-refractivity contribution in [1.29, 1.82) is 0 Å². The van der Waals surface area contributed by atoms with Crippen LogP contribution >= 0.6 is 11.6 Å². The highest BCUT2D eigenvalue weighted by Gasteiger charge is 2.39. The average Bonchev–Trinajstić information content (AvgIpc) is 2.81. The Labute approximate surface area is 196 Å². The molecule has 0 spiro atoms. The van der Waals surface area contributed by atoms with E-state index in [2.05, 4.69) is 5.32 Å². The van der Waals surface area contributed by atoms with Crippen molar-refractivity contribution in [3.8, 4) is 0 Å². The number of hydrogen-bond donors (Lipinski definition) is 1. The number of amides is 3. The fraction of sp³-hybridized carbons (Fsp3) is 0.318. The van der Waals surface area contributed by atoms with Gasteiger partial charge in [0, 0.05) is 43.2 Å².